The summed E-state index contributed by atoms with van der Waals surface area (Å²) in [7, 11) is -3.50. The molecule has 0 saturated heterocycles. The monoisotopic (exact) mass is 354 g/mol. The quantitative estimate of drug-likeness (QED) is 0.849. The van der Waals surface area contributed by atoms with E-state index in [1.165, 1.54) is 12.1 Å². The fraction of sp³-hybridized carbons (Fsp3) is 0.143. The highest BCUT2D eigenvalue weighted by atomic mass is 32.2. The zero-order valence-electron chi connectivity index (χ0n) is 11.9. The van der Waals surface area contributed by atoms with Crippen LogP contribution in [0, 0.1) is 5.82 Å². The van der Waals surface area contributed by atoms with Gasteiger partial charge in [-0.15, -0.1) is 0 Å². The predicted octanol–water partition coefficient (Wildman–Crippen LogP) is 2.41. The van der Waals surface area contributed by atoms with Gasteiger partial charge in [0.25, 0.3) is 0 Å². The van der Waals surface area contributed by atoms with E-state index in [4.69, 9.17) is 4.74 Å². The van der Waals surface area contributed by atoms with Gasteiger partial charge < -0.3 is 4.74 Å². The van der Waals surface area contributed by atoms with Crippen molar-refractivity contribution in [2.24, 2.45) is 0 Å². The molecule has 9 heteroatoms. The number of rotatable bonds is 4. The van der Waals surface area contributed by atoms with Crippen molar-refractivity contribution in [3.05, 3.63) is 47.4 Å². The standard InChI is InChI=1S/C14H11FN2O4S2/c1-23(19,20)17-11-4-8-7-21-14(18)10(8)5-12(11)22-13-3-2-9(15)6-16-13/h2-6,17H,7H2,1H3. The van der Waals surface area contributed by atoms with E-state index >= 15 is 0 Å². The van der Waals surface area contributed by atoms with Crippen LogP contribution < -0.4 is 4.72 Å². The molecule has 6 nitrogen and oxygen atoms in total. The summed E-state index contributed by atoms with van der Waals surface area (Å²) in [4.78, 5) is 16.1. The number of fused-ring (bicyclic) bond motifs is 1. The molecule has 0 unspecified atom stereocenters. The van der Waals surface area contributed by atoms with Crippen LogP contribution in [0.2, 0.25) is 0 Å². The second-order valence-electron chi connectivity index (χ2n) is 4.87. The average molecular weight is 354 g/mol. The van der Waals surface area contributed by atoms with Crippen LogP contribution in [0.15, 0.2) is 40.4 Å². The van der Waals surface area contributed by atoms with Gasteiger partial charge in [-0.1, -0.05) is 11.8 Å². The number of hydrogen-bond acceptors (Lipinski definition) is 6. The molecule has 23 heavy (non-hydrogen) atoms. The van der Waals surface area contributed by atoms with Crippen LogP contribution in [-0.2, 0) is 21.4 Å². The number of pyridine rings is 1. The number of carbonyl (C=O) groups is 1. The van der Waals surface area contributed by atoms with Gasteiger partial charge in [0.2, 0.25) is 10.0 Å². The van der Waals surface area contributed by atoms with Crippen LogP contribution in [0.4, 0.5) is 10.1 Å². The number of halogens is 1. The van der Waals surface area contributed by atoms with Gasteiger partial charge >= 0.3 is 5.97 Å². The first kappa shape index (κ1) is 15.8. The number of cyclic esters (lactones) is 1. The number of carbonyl (C=O) groups excluding carboxylic acids is 1. The van der Waals surface area contributed by atoms with E-state index in [0.29, 0.717) is 26.7 Å². The first-order valence-corrected chi connectivity index (χ1v) is 9.14. The summed E-state index contributed by atoms with van der Waals surface area (Å²) in [6, 6.07) is 5.83. The Hall–Kier alpha value is -2.13. The molecule has 2 aromatic rings. The molecule has 1 aliphatic rings. The van der Waals surface area contributed by atoms with Crippen LogP contribution in [0.1, 0.15) is 15.9 Å². The predicted molar refractivity (Wildman–Crippen MR) is 82.3 cm³/mol. The summed E-state index contributed by atoms with van der Waals surface area (Å²) in [5.74, 6) is -0.929. The van der Waals surface area contributed by atoms with Gasteiger partial charge in [0.15, 0.2) is 0 Å². The van der Waals surface area contributed by atoms with Crippen LogP contribution >= 0.6 is 11.8 Å². The fourth-order valence-electron chi connectivity index (χ4n) is 2.05. The van der Waals surface area contributed by atoms with E-state index < -0.39 is 21.8 Å². The van der Waals surface area contributed by atoms with Crippen molar-refractivity contribution in [3.8, 4) is 0 Å². The van der Waals surface area contributed by atoms with Crippen LogP contribution in [0.3, 0.4) is 0 Å². The molecule has 1 aliphatic heterocycles. The third-order valence-electron chi connectivity index (χ3n) is 2.99. The van der Waals surface area contributed by atoms with Crippen molar-refractivity contribution in [3.63, 3.8) is 0 Å². The number of sulfonamides is 1. The number of nitrogens with zero attached hydrogens (tertiary/aromatic N) is 1. The molecule has 1 aromatic heterocycles. The summed E-state index contributed by atoms with van der Waals surface area (Å²) >= 11 is 1.12. The van der Waals surface area contributed by atoms with Gasteiger partial charge in [-0.05, 0) is 24.3 Å². The van der Waals surface area contributed by atoms with Crippen molar-refractivity contribution in [2.75, 3.05) is 11.0 Å². The van der Waals surface area contributed by atoms with Crippen molar-refractivity contribution in [1.29, 1.82) is 0 Å². The zero-order valence-corrected chi connectivity index (χ0v) is 13.5. The van der Waals surface area contributed by atoms with Gasteiger partial charge in [0.05, 0.1) is 23.7 Å². The molecule has 0 aliphatic carbocycles. The van der Waals surface area contributed by atoms with E-state index in [1.807, 2.05) is 0 Å². The summed E-state index contributed by atoms with van der Waals surface area (Å²) in [6.45, 7) is 0.104. The van der Waals surface area contributed by atoms with E-state index in [9.17, 15) is 17.6 Å². The zero-order chi connectivity index (χ0) is 16.6. The maximum atomic E-state index is 12.9. The second kappa shape index (κ2) is 5.82. The number of ether oxygens (including phenoxy) is 1. The number of benzene rings is 1. The molecule has 120 valence electrons. The SMILES string of the molecule is CS(=O)(=O)Nc1cc2c(cc1Sc1ccc(F)cn1)C(=O)OC2. The molecule has 0 fully saturated rings. The molecule has 0 atom stereocenters. The summed E-state index contributed by atoms with van der Waals surface area (Å²) < 4.78 is 43.3. The van der Waals surface area contributed by atoms with Crippen molar-refractivity contribution >= 4 is 33.4 Å². The Kier molecular flexibility index (Phi) is 3.99. The highest BCUT2D eigenvalue weighted by Crippen LogP contribution is 2.37. The van der Waals surface area contributed by atoms with E-state index in [0.717, 1.165) is 24.2 Å². The number of hydrogen-bond donors (Lipinski definition) is 1. The van der Waals surface area contributed by atoms with E-state index in [1.54, 1.807) is 12.1 Å². The third-order valence-corrected chi connectivity index (χ3v) is 4.59. The second-order valence-corrected chi connectivity index (χ2v) is 7.68. The third kappa shape index (κ3) is 3.62. The Balaban J connectivity index is 2.03. The highest BCUT2D eigenvalue weighted by molar-refractivity contribution is 7.99. The Morgan fingerprint density at radius 3 is 2.78 bits per heavy atom. The Labute approximate surface area is 136 Å². The van der Waals surface area contributed by atoms with Crippen molar-refractivity contribution in [2.45, 2.75) is 16.5 Å². The highest BCUT2D eigenvalue weighted by Gasteiger charge is 2.24. The lowest BCUT2D eigenvalue weighted by Crippen LogP contribution is -2.11. The minimum atomic E-state index is -3.50. The van der Waals surface area contributed by atoms with E-state index in [-0.39, 0.29) is 6.61 Å². The number of anilines is 1. The molecule has 0 spiro atoms. The lowest BCUT2D eigenvalue weighted by Gasteiger charge is -2.11. The van der Waals surface area contributed by atoms with Gasteiger partial charge in [0, 0.05) is 10.5 Å². The first-order chi connectivity index (χ1) is 10.8. The lowest BCUT2D eigenvalue weighted by atomic mass is 10.1. The maximum absolute atomic E-state index is 12.9. The molecule has 0 saturated carbocycles. The molecule has 2 heterocycles. The van der Waals surface area contributed by atoms with Crippen molar-refractivity contribution in [1.82, 2.24) is 4.98 Å². The number of esters is 1. The topological polar surface area (TPSA) is 85.4 Å². The molecular formula is C14H11FN2O4S2. The van der Waals surface area contributed by atoms with E-state index in [2.05, 4.69) is 9.71 Å². The summed E-state index contributed by atoms with van der Waals surface area (Å²) in [6.07, 6.45) is 2.10. The summed E-state index contributed by atoms with van der Waals surface area (Å²) in [5.41, 5.74) is 1.31. The largest absolute Gasteiger partial charge is 0.457 e. The molecule has 1 N–H and O–H groups in total. The molecule has 0 radical (unpaired) electrons. The van der Waals surface area contributed by atoms with Gasteiger partial charge in [-0.25, -0.2) is 22.6 Å². The molecule has 1 aromatic carbocycles. The molecule has 0 amide bonds. The normalized spacial score (nSPS) is 13.6. The fourth-order valence-corrected chi connectivity index (χ4v) is 3.55. The van der Waals surface area contributed by atoms with Crippen LogP contribution in [-0.4, -0.2) is 25.6 Å². The van der Waals surface area contributed by atoms with Gasteiger partial charge in [-0.3, -0.25) is 4.72 Å². The van der Waals surface area contributed by atoms with Gasteiger partial charge in [-0.2, -0.15) is 0 Å². The minimum absolute atomic E-state index is 0.104. The Bertz CT molecular complexity index is 882. The number of nitrogens with one attached hydrogen (secondary N) is 1. The molecule has 0 bridgehead atoms. The van der Waals surface area contributed by atoms with Crippen molar-refractivity contribution < 1.29 is 22.3 Å². The number of aromatic nitrogens is 1. The van der Waals surface area contributed by atoms with Gasteiger partial charge in [0.1, 0.15) is 17.5 Å². The minimum Gasteiger partial charge on any atom is -0.457 e. The Morgan fingerprint density at radius 1 is 1.35 bits per heavy atom. The average Bonchev–Trinajstić information content (AvgIpc) is 2.81. The van der Waals surface area contributed by atoms with Crippen LogP contribution in [0.25, 0.3) is 0 Å². The summed E-state index contributed by atoms with van der Waals surface area (Å²) in [5, 5.41) is 0.467. The molecule has 3 rings (SSSR count). The first-order valence-electron chi connectivity index (χ1n) is 6.43. The lowest BCUT2D eigenvalue weighted by molar-refractivity contribution is 0.0535. The smallest absolute Gasteiger partial charge is 0.338 e. The van der Waals surface area contributed by atoms with Crippen LogP contribution in [0.5, 0.6) is 0 Å². The Morgan fingerprint density at radius 2 is 2.13 bits per heavy atom. The maximum Gasteiger partial charge on any atom is 0.338 e. The molecular weight excluding hydrogens is 343 g/mol.